The van der Waals surface area contributed by atoms with Crippen LogP contribution in [-0.2, 0) is 14.3 Å². The van der Waals surface area contributed by atoms with Crippen LogP contribution in [0.2, 0.25) is 0 Å². The van der Waals surface area contributed by atoms with Crippen LogP contribution in [0, 0.1) is 11.7 Å². The van der Waals surface area contributed by atoms with E-state index in [1.807, 2.05) is 13.8 Å². The summed E-state index contributed by atoms with van der Waals surface area (Å²) in [5, 5.41) is 5.41. The van der Waals surface area contributed by atoms with Crippen LogP contribution in [0.1, 0.15) is 20.3 Å². The third kappa shape index (κ3) is 6.35. The zero-order chi connectivity index (χ0) is 15.8. The van der Waals surface area contributed by atoms with Gasteiger partial charge in [0.15, 0.2) is 0 Å². The minimum absolute atomic E-state index is 0.0526. The predicted octanol–water partition coefficient (Wildman–Crippen LogP) is 1.94. The van der Waals surface area contributed by atoms with E-state index in [0.717, 1.165) is 0 Å². The summed E-state index contributed by atoms with van der Waals surface area (Å²) >= 11 is 0. The third-order valence-electron chi connectivity index (χ3n) is 2.81. The lowest BCUT2D eigenvalue weighted by molar-refractivity contribution is -0.143. The topological polar surface area (TPSA) is 67.4 Å². The van der Waals surface area contributed by atoms with Crippen LogP contribution in [0.4, 0.5) is 10.1 Å². The number of methoxy groups -OCH3 is 1. The van der Waals surface area contributed by atoms with Crippen molar-refractivity contribution in [1.82, 2.24) is 5.32 Å². The van der Waals surface area contributed by atoms with Gasteiger partial charge in [-0.3, -0.25) is 14.9 Å². The predicted molar refractivity (Wildman–Crippen MR) is 78.3 cm³/mol. The molecule has 0 spiro atoms. The lowest BCUT2D eigenvalue weighted by Gasteiger charge is -2.18. The first-order valence-corrected chi connectivity index (χ1v) is 6.79. The fraction of sp³-hybridized carbons (Fsp3) is 0.467. The van der Waals surface area contributed by atoms with Crippen LogP contribution in [-0.4, -0.2) is 31.6 Å². The molecule has 0 aliphatic carbocycles. The van der Waals surface area contributed by atoms with Crippen LogP contribution in [0.25, 0.3) is 0 Å². The van der Waals surface area contributed by atoms with Gasteiger partial charge in [-0.15, -0.1) is 0 Å². The Labute approximate surface area is 123 Å². The van der Waals surface area contributed by atoms with Gasteiger partial charge in [0.1, 0.15) is 11.9 Å². The van der Waals surface area contributed by atoms with Gasteiger partial charge in [0.2, 0.25) is 5.91 Å². The maximum atomic E-state index is 13.0. The van der Waals surface area contributed by atoms with Crippen LogP contribution in [0.15, 0.2) is 24.3 Å². The summed E-state index contributed by atoms with van der Waals surface area (Å²) in [6.45, 7) is 3.90. The molecule has 1 atom stereocenters. The van der Waals surface area contributed by atoms with Crippen LogP contribution in [0.5, 0.6) is 0 Å². The van der Waals surface area contributed by atoms with Gasteiger partial charge in [0.05, 0.1) is 13.7 Å². The van der Waals surface area contributed by atoms with E-state index in [-0.39, 0.29) is 18.4 Å². The van der Waals surface area contributed by atoms with E-state index >= 15 is 0 Å². The number of benzene rings is 1. The van der Waals surface area contributed by atoms with Gasteiger partial charge in [0.25, 0.3) is 0 Å². The van der Waals surface area contributed by atoms with Crippen molar-refractivity contribution in [2.45, 2.75) is 26.3 Å². The minimum Gasteiger partial charge on any atom is -0.468 e. The highest BCUT2D eigenvalue weighted by Gasteiger charge is 2.20. The second-order valence-electron chi connectivity index (χ2n) is 5.14. The molecule has 5 nitrogen and oxygen atoms in total. The number of esters is 1. The number of hydrogen-bond acceptors (Lipinski definition) is 4. The Balaban J connectivity index is 2.51. The Morgan fingerprint density at radius 3 is 2.62 bits per heavy atom. The number of carbonyl (C=O) groups excluding carboxylic acids is 2. The largest absolute Gasteiger partial charge is 0.468 e. The SMILES string of the molecule is COC(=O)C(CC(C)C)NCC(=O)Nc1cccc(F)c1. The monoisotopic (exact) mass is 296 g/mol. The van der Waals surface area contributed by atoms with Crippen LogP contribution in [0.3, 0.4) is 0 Å². The number of nitrogens with one attached hydrogen (secondary N) is 2. The molecule has 1 rings (SSSR count). The molecule has 0 saturated carbocycles. The average Bonchev–Trinajstić information content (AvgIpc) is 2.42. The number of rotatable bonds is 7. The Morgan fingerprint density at radius 1 is 1.33 bits per heavy atom. The lowest BCUT2D eigenvalue weighted by atomic mass is 10.0. The molecule has 21 heavy (non-hydrogen) atoms. The maximum absolute atomic E-state index is 13.0. The molecule has 6 heteroatoms. The molecule has 0 aliphatic heterocycles. The van der Waals surface area contributed by atoms with Gasteiger partial charge in [-0.05, 0) is 30.5 Å². The Kier molecular flexibility index (Phi) is 6.81. The molecule has 0 saturated heterocycles. The Bertz CT molecular complexity index is 492. The molecular formula is C15H21FN2O3. The molecule has 0 fully saturated rings. The summed E-state index contributed by atoms with van der Waals surface area (Å²) in [5.74, 6) is -0.888. The number of halogens is 1. The standard InChI is InChI=1S/C15H21FN2O3/c1-10(2)7-13(15(20)21-3)17-9-14(19)18-12-6-4-5-11(16)8-12/h4-6,8,10,13,17H,7,9H2,1-3H3,(H,18,19). The zero-order valence-electron chi connectivity index (χ0n) is 12.5. The highest BCUT2D eigenvalue weighted by atomic mass is 19.1. The van der Waals surface area contributed by atoms with Crippen molar-refractivity contribution in [3.05, 3.63) is 30.1 Å². The molecule has 0 radical (unpaired) electrons. The fourth-order valence-electron chi connectivity index (χ4n) is 1.86. The molecule has 0 bridgehead atoms. The van der Waals surface area contributed by atoms with Crippen molar-refractivity contribution in [2.24, 2.45) is 5.92 Å². The number of amides is 1. The quantitative estimate of drug-likeness (QED) is 0.755. The first-order chi connectivity index (χ1) is 9.92. The summed E-state index contributed by atoms with van der Waals surface area (Å²) in [6, 6.07) is 5.09. The van der Waals surface area contributed by atoms with E-state index in [2.05, 4.69) is 10.6 Å². The van der Waals surface area contributed by atoms with Crippen molar-refractivity contribution in [3.8, 4) is 0 Å². The summed E-state index contributed by atoms with van der Waals surface area (Å²) < 4.78 is 17.7. The van der Waals surface area contributed by atoms with Gasteiger partial charge in [-0.1, -0.05) is 19.9 Å². The molecule has 1 unspecified atom stereocenters. The summed E-state index contributed by atoms with van der Waals surface area (Å²) in [4.78, 5) is 23.4. The van der Waals surface area contributed by atoms with Crippen LogP contribution >= 0.6 is 0 Å². The Morgan fingerprint density at radius 2 is 2.05 bits per heavy atom. The van der Waals surface area contributed by atoms with Gasteiger partial charge < -0.3 is 10.1 Å². The van der Waals surface area contributed by atoms with Crippen molar-refractivity contribution < 1.29 is 18.7 Å². The third-order valence-corrected chi connectivity index (χ3v) is 2.81. The van der Waals surface area contributed by atoms with Crippen LogP contribution < -0.4 is 10.6 Å². The van der Waals surface area contributed by atoms with Gasteiger partial charge >= 0.3 is 5.97 Å². The molecule has 116 valence electrons. The number of ether oxygens (including phenoxy) is 1. The number of carbonyl (C=O) groups is 2. The highest BCUT2D eigenvalue weighted by Crippen LogP contribution is 2.09. The second kappa shape index (κ2) is 8.36. The first-order valence-electron chi connectivity index (χ1n) is 6.79. The van der Waals surface area contributed by atoms with Crippen molar-refractivity contribution in [2.75, 3.05) is 19.0 Å². The summed E-state index contributed by atoms with van der Waals surface area (Å²) in [6.07, 6.45) is 0.569. The van der Waals surface area contributed by atoms with E-state index < -0.39 is 17.8 Å². The molecule has 0 aromatic heterocycles. The zero-order valence-corrected chi connectivity index (χ0v) is 12.5. The number of anilines is 1. The molecule has 0 heterocycles. The van der Waals surface area contributed by atoms with E-state index in [1.54, 1.807) is 6.07 Å². The van der Waals surface area contributed by atoms with E-state index in [0.29, 0.717) is 12.1 Å². The normalized spacial score (nSPS) is 12.0. The molecule has 1 aromatic rings. The smallest absolute Gasteiger partial charge is 0.322 e. The van der Waals surface area contributed by atoms with Gasteiger partial charge in [-0.2, -0.15) is 0 Å². The fourth-order valence-corrected chi connectivity index (χ4v) is 1.86. The van der Waals surface area contributed by atoms with Crippen molar-refractivity contribution in [3.63, 3.8) is 0 Å². The molecule has 1 amide bonds. The summed E-state index contributed by atoms with van der Waals surface area (Å²) in [5.41, 5.74) is 0.375. The van der Waals surface area contributed by atoms with E-state index in [9.17, 15) is 14.0 Å². The van der Waals surface area contributed by atoms with Gasteiger partial charge in [0, 0.05) is 5.69 Å². The highest BCUT2D eigenvalue weighted by molar-refractivity contribution is 5.92. The molecule has 2 N–H and O–H groups in total. The number of hydrogen-bond donors (Lipinski definition) is 2. The summed E-state index contributed by atoms with van der Waals surface area (Å²) in [7, 11) is 1.31. The van der Waals surface area contributed by atoms with E-state index in [4.69, 9.17) is 4.74 Å². The Hall–Kier alpha value is -1.95. The van der Waals surface area contributed by atoms with Crippen molar-refractivity contribution >= 4 is 17.6 Å². The van der Waals surface area contributed by atoms with E-state index in [1.165, 1.54) is 25.3 Å². The maximum Gasteiger partial charge on any atom is 0.322 e. The molecule has 0 aliphatic rings. The second-order valence-corrected chi connectivity index (χ2v) is 5.14. The van der Waals surface area contributed by atoms with Crippen molar-refractivity contribution in [1.29, 1.82) is 0 Å². The molecule has 1 aromatic carbocycles. The first kappa shape index (κ1) is 17.1. The lowest BCUT2D eigenvalue weighted by Crippen LogP contribution is -2.42. The van der Waals surface area contributed by atoms with Gasteiger partial charge in [-0.25, -0.2) is 4.39 Å². The average molecular weight is 296 g/mol. The minimum atomic E-state index is -0.534. The molecular weight excluding hydrogens is 275 g/mol.